The predicted molar refractivity (Wildman–Crippen MR) is 53.7 cm³/mol. The summed E-state index contributed by atoms with van der Waals surface area (Å²) in [6.07, 6.45) is 0. The predicted octanol–water partition coefficient (Wildman–Crippen LogP) is 1.79. The van der Waals surface area contributed by atoms with Crippen LogP contribution in [0.25, 0.3) is 0 Å². The average molecular weight is 244 g/mol. The number of carbonyl (C=O) groups is 2. The number of alkyl halides is 2. The largest absolute Gasteiger partial charge is 0.461 e. The Morgan fingerprint density at radius 3 is 2.29 bits per heavy atom. The van der Waals surface area contributed by atoms with Gasteiger partial charge < -0.3 is 9.47 Å². The standard InChI is InChI=1S/C11H10F2O4/c1-2-16-9(14)11(12,13)10(15)17-8-6-4-3-5-7-8/h3-7H,2H2,1H3. The maximum absolute atomic E-state index is 13.1. The summed E-state index contributed by atoms with van der Waals surface area (Å²) < 4.78 is 34.7. The van der Waals surface area contributed by atoms with E-state index in [9.17, 15) is 18.4 Å². The molecule has 0 bridgehead atoms. The van der Waals surface area contributed by atoms with Gasteiger partial charge in [-0.25, -0.2) is 9.59 Å². The van der Waals surface area contributed by atoms with Crippen LogP contribution < -0.4 is 4.74 Å². The summed E-state index contributed by atoms with van der Waals surface area (Å²) >= 11 is 0. The second kappa shape index (κ2) is 5.38. The van der Waals surface area contributed by atoms with Gasteiger partial charge in [-0.3, -0.25) is 0 Å². The first-order valence-corrected chi connectivity index (χ1v) is 4.81. The van der Waals surface area contributed by atoms with Crippen molar-refractivity contribution in [3.63, 3.8) is 0 Å². The molecule has 1 rings (SSSR count). The number of esters is 2. The lowest BCUT2D eigenvalue weighted by Crippen LogP contribution is -2.42. The van der Waals surface area contributed by atoms with Gasteiger partial charge in [0.25, 0.3) is 0 Å². The molecular formula is C11H10F2O4. The molecule has 0 aromatic heterocycles. The van der Waals surface area contributed by atoms with Gasteiger partial charge in [-0.15, -0.1) is 0 Å². The minimum Gasteiger partial charge on any atom is -0.461 e. The maximum atomic E-state index is 13.1. The molecule has 0 atom stereocenters. The summed E-state index contributed by atoms with van der Waals surface area (Å²) in [6, 6.07) is 7.27. The number of rotatable bonds is 4. The lowest BCUT2D eigenvalue weighted by Gasteiger charge is -2.13. The molecule has 4 nitrogen and oxygen atoms in total. The Bertz CT molecular complexity index is 403. The summed E-state index contributed by atoms with van der Waals surface area (Å²) in [6.45, 7) is 1.11. The molecule has 0 saturated heterocycles. The zero-order chi connectivity index (χ0) is 12.9. The third kappa shape index (κ3) is 3.24. The van der Waals surface area contributed by atoms with Crippen LogP contribution in [0.5, 0.6) is 5.75 Å². The fourth-order valence-corrected chi connectivity index (χ4v) is 0.965. The Balaban J connectivity index is 2.73. The number of para-hydroxylation sites is 1. The Morgan fingerprint density at radius 1 is 1.18 bits per heavy atom. The van der Waals surface area contributed by atoms with E-state index in [-0.39, 0.29) is 12.4 Å². The summed E-state index contributed by atoms with van der Waals surface area (Å²) in [5.74, 6) is -8.24. The molecule has 1 aromatic rings. The van der Waals surface area contributed by atoms with E-state index in [1.54, 1.807) is 6.07 Å². The fourth-order valence-electron chi connectivity index (χ4n) is 0.965. The molecule has 92 valence electrons. The van der Waals surface area contributed by atoms with Crippen LogP contribution in [0.3, 0.4) is 0 Å². The van der Waals surface area contributed by atoms with Gasteiger partial charge in [-0.05, 0) is 19.1 Å². The van der Waals surface area contributed by atoms with Crippen molar-refractivity contribution in [1.82, 2.24) is 0 Å². The minimum absolute atomic E-state index is 0.0681. The van der Waals surface area contributed by atoms with Crippen molar-refractivity contribution in [2.45, 2.75) is 12.8 Å². The number of hydrogen-bond acceptors (Lipinski definition) is 4. The first-order valence-electron chi connectivity index (χ1n) is 4.81. The average Bonchev–Trinajstić information content (AvgIpc) is 2.30. The molecule has 0 spiro atoms. The first-order chi connectivity index (χ1) is 7.98. The fraction of sp³-hybridized carbons (Fsp3) is 0.273. The quantitative estimate of drug-likeness (QED) is 0.460. The molecular weight excluding hydrogens is 234 g/mol. The number of carbonyl (C=O) groups excluding carboxylic acids is 2. The number of halogens is 2. The minimum atomic E-state index is -4.30. The summed E-state index contributed by atoms with van der Waals surface area (Å²) in [4.78, 5) is 21.9. The second-order valence-electron chi connectivity index (χ2n) is 3.00. The zero-order valence-electron chi connectivity index (χ0n) is 8.98. The monoisotopic (exact) mass is 244 g/mol. The molecule has 6 heteroatoms. The highest BCUT2D eigenvalue weighted by molar-refractivity contribution is 6.02. The van der Waals surface area contributed by atoms with Gasteiger partial charge in [-0.1, -0.05) is 18.2 Å². The highest BCUT2D eigenvalue weighted by atomic mass is 19.3. The molecule has 0 heterocycles. The molecule has 0 fully saturated rings. The van der Waals surface area contributed by atoms with E-state index in [0.29, 0.717) is 0 Å². The van der Waals surface area contributed by atoms with Crippen LogP contribution in [0, 0.1) is 0 Å². The summed E-state index contributed by atoms with van der Waals surface area (Å²) in [5, 5.41) is 0. The van der Waals surface area contributed by atoms with Crippen molar-refractivity contribution in [2.24, 2.45) is 0 Å². The van der Waals surface area contributed by atoms with Gasteiger partial charge in [-0.2, -0.15) is 8.78 Å². The normalized spacial score (nSPS) is 10.8. The summed E-state index contributed by atoms with van der Waals surface area (Å²) in [5.41, 5.74) is 0. The highest BCUT2D eigenvalue weighted by Gasteiger charge is 2.51. The first kappa shape index (κ1) is 13.1. The number of benzene rings is 1. The Morgan fingerprint density at radius 2 is 1.76 bits per heavy atom. The van der Waals surface area contributed by atoms with Crippen molar-refractivity contribution in [1.29, 1.82) is 0 Å². The number of ether oxygens (including phenoxy) is 2. The van der Waals surface area contributed by atoms with Gasteiger partial charge in [0.15, 0.2) is 0 Å². The third-order valence-electron chi connectivity index (χ3n) is 1.74. The van der Waals surface area contributed by atoms with E-state index in [4.69, 9.17) is 0 Å². The van der Waals surface area contributed by atoms with Crippen molar-refractivity contribution in [3.05, 3.63) is 30.3 Å². The van der Waals surface area contributed by atoms with Crippen molar-refractivity contribution in [3.8, 4) is 5.75 Å². The van der Waals surface area contributed by atoms with Crippen molar-refractivity contribution >= 4 is 11.9 Å². The van der Waals surface area contributed by atoms with E-state index in [2.05, 4.69) is 9.47 Å². The Hall–Kier alpha value is -1.98. The van der Waals surface area contributed by atoms with Gasteiger partial charge >= 0.3 is 17.9 Å². The Labute approximate surface area is 96.1 Å². The van der Waals surface area contributed by atoms with E-state index < -0.39 is 17.9 Å². The molecule has 0 radical (unpaired) electrons. The number of hydrogen-bond donors (Lipinski definition) is 0. The zero-order valence-corrected chi connectivity index (χ0v) is 8.98. The molecule has 0 unspecified atom stereocenters. The lowest BCUT2D eigenvalue weighted by molar-refractivity contribution is -0.184. The maximum Gasteiger partial charge on any atom is 0.437 e. The molecule has 17 heavy (non-hydrogen) atoms. The highest BCUT2D eigenvalue weighted by Crippen LogP contribution is 2.20. The lowest BCUT2D eigenvalue weighted by atomic mass is 10.3. The molecule has 0 aliphatic rings. The third-order valence-corrected chi connectivity index (χ3v) is 1.74. The molecule has 0 amide bonds. The van der Waals surface area contributed by atoms with Crippen LogP contribution in [0.4, 0.5) is 8.78 Å². The van der Waals surface area contributed by atoms with Gasteiger partial charge in [0.1, 0.15) is 5.75 Å². The van der Waals surface area contributed by atoms with Crippen LogP contribution in [0.2, 0.25) is 0 Å². The smallest absolute Gasteiger partial charge is 0.437 e. The van der Waals surface area contributed by atoms with Crippen LogP contribution in [-0.2, 0) is 14.3 Å². The molecule has 0 N–H and O–H groups in total. The van der Waals surface area contributed by atoms with Gasteiger partial charge in [0, 0.05) is 0 Å². The van der Waals surface area contributed by atoms with Crippen LogP contribution in [-0.4, -0.2) is 24.5 Å². The topological polar surface area (TPSA) is 52.6 Å². The van der Waals surface area contributed by atoms with E-state index in [1.807, 2.05) is 0 Å². The molecule has 1 aromatic carbocycles. The van der Waals surface area contributed by atoms with Crippen molar-refractivity contribution < 1.29 is 27.8 Å². The van der Waals surface area contributed by atoms with E-state index in [1.165, 1.54) is 31.2 Å². The molecule has 0 aliphatic carbocycles. The molecule has 0 saturated carbocycles. The van der Waals surface area contributed by atoms with Crippen LogP contribution >= 0.6 is 0 Å². The van der Waals surface area contributed by atoms with Gasteiger partial charge in [0.05, 0.1) is 6.61 Å². The SMILES string of the molecule is CCOC(=O)C(F)(F)C(=O)Oc1ccccc1. The Kier molecular flexibility index (Phi) is 4.14. The van der Waals surface area contributed by atoms with Crippen LogP contribution in [0.15, 0.2) is 30.3 Å². The summed E-state index contributed by atoms with van der Waals surface area (Å²) in [7, 11) is 0. The second-order valence-corrected chi connectivity index (χ2v) is 3.00. The molecule has 0 aliphatic heterocycles. The van der Waals surface area contributed by atoms with Gasteiger partial charge in [0.2, 0.25) is 0 Å². The van der Waals surface area contributed by atoms with E-state index in [0.717, 1.165) is 0 Å². The van der Waals surface area contributed by atoms with Crippen molar-refractivity contribution in [2.75, 3.05) is 6.61 Å². The van der Waals surface area contributed by atoms with Crippen LogP contribution in [0.1, 0.15) is 6.92 Å². The van der Waals surface area contributed by atoms with E-state index >= 15 is 0 Å².